The summed E-state index contributed by atoms with van der Waals surface area (Å²) in [7, 11) is 0. The van der Waals surface area contributed by atoms with Gasteiger partial charge >= 0.3 is 0 Å². The second-order valence-electron chi connectivity index (χ2n) is 2.99. The Labute approximate surface area is 76.2 Å². The number of aromatic amines is 1. The molecule has 1 heterocycles. The molecule has 1 aliphatic carbocycles. The van der Waals surface area contributed by atoms with Crippen molar-refractivity contribution in [3.63, 3.8) is 0 Å². The van der Waals surface area contributed by atoms with Crippen molar-refractivity contribution in [3.8, 4) is 0 Å². The van der Waals surface area contributed by atoms with E-state index in [1.165, 1.54) is 6.92 Å². The molecule has 0 saturated carbocycles. The van der Waals surface area contributed by atoms with Crippen molar-refractivity contribution in [1.82, 2.24) is 4.98 Å². The largest absolute Gasteiger partial charge is 0.360 e. The van der Waals surface area contributed by atoms with Crippen LogP contribution in [0, 0.1) is 0 Å². The van der Waals surface area contributed by atoms with E-state index < -0.39 is 0 Å². The normalized spacial score (nSPS) is 17.5. The number of H-pyrrole nitrogens is 1. The lowest BCUT2D eigenvalue weighted by atomic mass is 10.0. The third kappa shape index (κ3) is 1.45. The van der Waals surface area contributed by atoms with Crippen LogP contribution in [0.15, 0.2) is 23.3 Å². The number of aromatic nitrogens is 1. The first-order valence-corrected chi connectivity index (χ1v) is 4.20. The molecule has 0 fully saturated rings. The minimum absolute atomic E-state index is 0.147. The average molecular weight is 174 g/mol. The zero-order valence-electron chi connectivity index (χ0n) is 7.37. The summed E-state index contributed by atoms with van der Waals surface area (Å²) in [6.07, 6.45) is 6.63. The molecule has 0 radical (unpaired) electrons. The Kier molecular flexibility index (Phi) is 1.85. The molecule has 1 amide bonds. The molecule has 0 bridgehead atoms. The van der Waals surface area contributed by atoms with Crippen LogP contribution in [0.25, 0.3) is 6.08 Å². The number of rotatable bonds is 0. The first-order chi connectivity index (χ1) is 6.27. The predicted octanol–water partition coefficient (Wildman–Crippen LogP) is 1.77. The summed E-state index contributed by atoms with van der Waals surface area (Å²) in [6, 6.07) is 1.97. The number of fused-ring (bicyclic) bond motifs is 1. The fourth-order valence-electron chi connectivity index (χ4n) is 1.46. The topological polar surface area (TPSA) is 45.2 Å². The standard InChI is InChI=1S/C10H10N2O/c1-7(13)12-9-4-2-3-8-5-6-11-10(8)9/h2-3,5-6,11H,4H2,1H3. The van der Waals surface area contributed by atoms with E-state index in [1.807, 2.05) is 24.4 Å². The molecular weight excluding hydrogens is 164 g/mol. The van der Waals surface area contributed by atoms with E-state index in [-0.39, 0.29) is 5.91 Å². The van der Waals surface area contributed by atoms with Gasteiger partial charge in [-0.3, -0.25) is 4.79 Å². The van der Waals surface area contributed by atoms with E-state index in [1.54, 1.807) is 0 Å². The van der Waals surface area contributed by atoms with Gasteiger partial charge in [-0.15, -0.1) is 0 Å². The van der Waals surface area contributed by atoms with Crippen LogP contribution in [0.1, 0.15) is 24.6 Å². The maximum atomic E-state index is 10.8. The fraction of sp³-hybridized carbons (Fsp3) is 0.200. The van der Waals surface area contributed by atoms with Crippen LogP contribution in [-0.4, -0.2) is 16.6 Å². The molecule has 1 aliphatic rings. The Morgan fingerprint density at radius 2 is 2.46 bits per heavy atom. The van der Waals surface area contributed by atoms with Gasteiger partial charge in [-0.25, -0.2) is 4.99 Å². The summed E-state index contributed by atoms with van der Waals surface area (Å²) < 4.78 is 0. The van der Waals surface area contributed by atoms with Gasteiger partial charge in [0.1, 0.15) is 0 Å². The fourth-order valence-corrected chi connectivity index (χ4v) is 1.46. The summed E-state index contributed by atoms with van der Waals surface area (Å²) >= 11 is 0. The molecule has 66 valence electrons. The minimum Gasteiger partial charge on any atom is -0.360 e. The Bertz CT molecular complexity index is 399. The SMILES string of the molecule is CC(=O)N=C1CC=Cc2cc[nH]c21. The van der Waals surface area contributed by atoms with Gasteiger partial charge < -0.3 is 4.98 Å². The van der Waals surface area contributed by atoms with Gasteiger partial charge in [0.25, 0.3) is 0 Å². The molecule has 0 aliphatic heterocycles. The summed E-state index contributed by atoms with van der Waals surface area (Å²) in [4.78, 5) is 17.8. The van der Waals surface area contributed by atoms with E-state index in [2.05, 4.69) is 9.98 Å². The number of amides is 1. The number of hydrogen-bond acceptors (Lipinski definition) is 1. The van der Waals surface area contributed by atoms with E-state index in [0.717, 1.165) is 23.4 Å². The van der Waals surface area contributed by atoms with Gasteiger partial charge in [0.2, 0.25) is 5.91 Å². The van der Waals surface area contributed by atoms with Gasteiger partial charge in [-0.2, -0.15) is 0 Å². The van der Waals surface area contributed by atoms with E-state index in [0.29, 0.717) is 0 Å². The molecule has 3 heteroatoms. The third-order valence-electron chi connectivity index (χ3n) is 1.97. The van der Waals surface area contributed by atoms with Crippen molar-refractivity contribution < 1.29 is 4.79 Å². The van der Waals surface area contributed by atoms with Crippen LogP contribution in [0.4, 0.5) is 0 Å². The molecule has 1 aromatic rings. The summed E-state index contributed by atoms with van der Waals surface area (Å²) in [6.45, 7) is 1.47. The van der Waals surface area contributed by atoms with Crippen molar-refractivity contribution in [3.05, 3.63) is 29.6 Å². The molecule has 0 aromatic carbocycles. The first-order valence-electron chi connectivity index (χ1n) is 4.20. The molecular formula is C10H10N2O. The van der Waals surface area contributed by atoms with Gasteiger partial charge in [-0.05, 0) is 6.07 Å². The maximum absolute atomic E-state index is 10.8. The highest BCUT2D eigenvalue weighted by Crippen LogP contribution is 2.17. The highest BCUT2D eigenvalue weighted by molar-refractivity contribution is 6.09. The predicted molar refractivity (Wildman–Crippen MR) is 51.7 cm³/mol. The second kappa shape index (κ2) is 3.01. The van der Waals surface area contributed by atoms with E-state index in [9.17, 15) is 4.79 Å². The van der Waals surface area contributed by atoms with Crippen LogP contribution < -0.4 is 0 Å². The highest BCUT2D eigenvalue weighted by Gasteiger charge is 2.12. The molecule has 3 nitrogen and oxygen atoms in total. The summed E-state index contributed by atoms with van der Waals surface area (Å²) in [5.74, 6) is -0.147. The minimum atomic E-state index is -0.147. The van der Waals surface area contributed by atoms with Crippen LogP contribution >= 0.6 is 0 Å². The van der Waals surface area contributed by atoms with Crippen LogP contribution in [-0.2, 0) is 4.79 Å². The lowest BCUT2D eigenvalue weighted by Crippen LogP contribution is -2.07. The van der Waals surface area contributed by atoms with Gasteiger partial charge in [0.05, 0.1) is 11.4 Å². The number of hydrogen-bond donors (Lipinski definition) is 1. The van der Waals surface area contributed by atoms with E-state index in [4.69, 9.17) is 0 Å². The lowest BCUT2D eigenvalue weighted by molar-refractivity contribution is -0.115. The number of aliphatic imine (C=N–C) groups is 1. The van der Waals surface area contributed by atoms with Crippen LogP contribution in [0.3, 0.4) is 0 Å². The molecule has 0 spiro atoms. The van der Waals surface area contributed by atoms with Crippen molar-refractivity contribution in [2.75, 3.05) is 0 Å². The average Bonchev–Trinajstić information content (AvgIpc) is 2.51. The van der Waals surface area contributed by atoms with Crippen molar-refractivity contribution in [1.29, 1.82) is 0 Å². The number of allylic oxidation sites excluding steroid dienone is 1. The Morgan fingerprint density at radius 3 is 3.23 bits per heavy atom. The number of nitrogens with zero attached hydrogens (tertiary/aromatic N) is 1. The lowest BCUT2D eigenvalue weighted by Gasteiger charge is -2.07. The first kappa shape index (κ1) is 7.98. The van der Waals surface area contributed by atoms with Crippen molar-refractivity contribution in [2.24, 2.45) is 4.99 Å². The molecule has 0 unspecified atom stereocenters. The Balaban J connectivity index is 2.46. The Morgan fingerprint density at radius 1 is 1.62 bits per heavy atom. The number of carbonyl (C=O) groups is 1. The van der Waals surface area contributed by atoms with Crippen molar-refractivity contribution >= 4 is 17.7 Å². The zero-order valence-corrected chi connectivity index (χ0v) is 7.37. The smallest absolute Gasteiger partial charge is 0.242 e. The molecule has 1 N–H and O–H groups in total. The van der Waals surface area contributed by atoms with Gasteiger partial charge in [0, 0.05) is 25.1 Å². The van der Waals surface area contributed by atoms with E-state index >= 15 is 0 Å². The monoisotopic (exact) mass is 174 g/mol. The number of carbonyl (C=O) groups excluding carboxylic acids is 1. The summed E-state index contributed by atoms with van der Waals surface area (Å²) in [5.41, 5.74) is 2.90. The van der Waals surface area contributed by atoms with Gasteiger partial charge in [0.15, 0.2) is 0 Å². The van der Waals surface area contributed by atoms with Crippen LogP contribution in [0.2, 0.25) is 0 Å². The summed E-state index contributed by atoms with van der Waals surface area (Å²) in [5, 5.41) is 0. The highest BCUT2D eigenvalue weighted by atomic mass is 16.1. The van der Waals surface area contributed by atoms with Crippen molar-refractivity contribution in [2.45, 2.75) is 13.3 Å². The second-order valence-corrected chi connectivity index (χ2v) is 2.99. The number of nitrogens with one attached hydrogen (secondary N) is 1. The van der Waals surface area contributed by atoms with Gasteiger partial charge in [-0.1, -0.05) is 12.2 Å². The molecule has 2 rings (SSSR count). The molecule has 1 aromatic heterocycles. The molecule has 13 heavy (non-hydrogen) atoms. The maximum Gasteiger partial charge on any atom is 0.242 e. The Hall–Kier alpha value is -1.64. The quantitative estimate of drug-likeness (QED) is 0.640. The third-order valence-corrected chi connectivity index (χ3v) is 1.97. The van der Waals surface area contributed by atoms with Crippen LogP contribution in [0.5, 0.6) is 0 Å². The zero-order chi connectivity index (χ0) is 9.26. The molecule has 0 atom stereocenters. The molecule has 0 saturated heterocycles.